The van der Waals surface area contributed by atoms with E-state index in [4.69, 9.17) is 5.26 Å². The van der Waals surface area contributed by atoms with Gasteiger partial charge in [-0.3, -0.25) is 4.90 Å². The number of halogens is 1. The van der Waals surface area contributed by atoms with Crippen molar-refractivity contribution in [1.82, 2.24) is 4.90 Å². The van der Waals surface area contributed by atoms with Gasteiger partial charge in [-0.2, -0.15) is 5.26 Å². The smallest absolute Gasteiger partial charge is 0.123 e. The fourth-order valence-corrected chi connectivity index (χ4v) is 2.41. The van der Waals surface area contributed by atoms with Gasteiger partial charge in [0.2, 0.25) is 0 Å². The van der Waals surface area contributed by atoms with Gasteiger partial charge in [-0.1, -0.05) is 6.42 Å². The number of hydrogen-bond donors (Lipinski definition) is 0. The van der Waals surface area contributed by atoms with Crippen LogP contribution in [0, 0.1) is 17.1 Å². The average Bonchev–Trinajstić information content (AvgIpc) is 2.32. The fourth-order valence-electron chi connectivity index (χ4n) is 2.41. The molecule has 1 aliphatic rings. The van der Waals surface area contributed by atoms with Gasteiger partial charge in [0.05, 0.1) is 11.6 Å². The van der Waals surface area contributed by atoms with E-state index in [0.29, 0.717) is 18.2 Å². The summed E-state index contributed by atoms with van der Waals surface area (Å²) in [6.45, 7) is 3.93. The van der Waals surface area contributed by atoms with E-state index < -0.39 is 0 Å². The van der Waals surface area contributed by atoms with Gasteiger partial charge in [0.25, 0.3) is 0 Å². The van der Waals surface area contributed by atoms with Crippen LogP contribution >= 0.6 is 0 Å². The van der Waals surface area contributed by atoms with Crippen molar-refractivity contribution in [3.63, 3.8) is 0 Å². The Morgan fingerprint density at radius 2 is 2.29 bits per heavy atom. The summed E-state index contributed by atoms with van der Waals surface area (Å²) in [6, 6.07) is 7.06. The molecule has 2 nitrogen and oxygen atoms in total. The summed E-state index contributed by atoms with van der Waals surface area (Å²) in [5.41, 5.74) is 1.39. The zero-order valence-corrected chi connectivity index (χ0v) is 10.1. The van der Waals surface area contributed by atoms with Crippen molar-refractivity contribution < 1.29 is 4.39 Å². The molecule has 1 unspecified atom stereocenters. The molecule has 0 radical (unpaired) electrons. The van der Waals surface area contributed by atoms with Crippen LogP contribution in [-0.2, 0) is 6.54 Å². The number of nitriles is 1. The molecule has 1 aromatic rings. The maximum atomic E-state index is 13.2. The van der Waals surface area contributed by atoms with Crippen LogP contribution in [0.5, 0.6) is 0 Å². The predicted octanol–water partition coefficient (Wildman–Crippen LogP) is 3.07. The third-order valence-corrected chi connectivity index (χ3v) is 3.50. The summed E-state index contributed by atoms with van der Waals surface area (Å²) in [5.74, 6) is -0.260. The Kier molecular flexibility index (Phi) is 3.75. The van der Waals surface area contributed by atoms with Crippen LogP contribution in [0.2, 0.25) is 0 Å². The molecule has 0 aromatic heterocycles. The molecule has 3 heteroatoms. The van der Waals surface area contributed by atoms with Gasteiger partial charge in [0, 0.05) is 12.6 Å². The Morgan fingerprint density at radius 1 is 1.47 bits per heavy atom. The van der Waals surface area contributed by atoms with Gasteiger partial charge >= 0.3 is 0 Å². The van der Waals surface area contributed by atoms with Crippen molar-refractivity contribution in [2.24, 2.45) is 0 Å². The van der Waals surface area contributed by atoms with E-state index in [-0.39, 0.29) is 5.82 Å². The molecule has 1 heterocycles. The zero-order valence-electron chi connectivity index (χ0n) is 10.1. The lowest BCUT2D eigenvalue weighted by Gasteiger charge is -2.33. The van der Waals surface area contributed by atoms with Gasteiger partial charge in [-0.25, -0.2) is 4.39 Å². The molecule has 0 aliphatic carbocycles. The molecule has 17 heavy (non-hydrogen) atoms. The first-order valence-electron chi connectivity index (χ1n) is 6.13. The molecule has 0 amide bonds. The SMILES string of the molecule is CC1CCCCN1Cc1cc(F)ccc1C#N. The topological polar surface area (TPSA) is 27.0 Å². The molecule has 1 aromatic carbocycles. The molecule has 1 aliphatic heterocycles. The minimum Gasteiger partial charge on any atom is -0.296 e. The van der Waals surface area contributed by atoms with E-state index >= 15 is 0 Å². The van der Waals surface area contributed by atoms with Crippen LogP contribution in [0.3, 0.4) is 0 Å². The summed E-state index contributed by atoms with van der Waals surface area (Å²) in [5, 5.41) is 9.01. The summed E-state index contributed by atoms with van der Waals surface area (Å²) in [4.78, 5) is 2.33. The summed E-state index contributed by atoms with van der Waals surface area (Å²) in [7, 11) is 0. The summed E-state index contributed by atoms with van der Waals surface area (Å²) in [6.07, 6.45) is 3.66. The van der Waals surface area contributed by atoms with Crippen molar-refractivity contribution in [2.75, 3.05) is 6.54 Å². The van der Waals surface area contributed by atoms with E-state index in [1.807, 2.05) is 0 Å². The van der Waals surface area contributed by atoms with Gasteiger partial charge < -0.3 is 0 Å². The zero-order chi connectivity index (χ0) is 12.3. The Bertz CT molecular complexity index is 436. The monoisotopic (exact) mass is 232 g/mol. The van der Waals surface area contributed by atoms with Gasteiger partial charge in [0.15, 0.2) is 0 Å². The van der Waals surface area contributed by atoms with Gasteiger partial charge in [-0.05, 0) is 50.1 Å². The molecule has 0 N–H and O–H groups in total. The van der Waals surface area contributed by atoms with Crippen molar-refractivity contribution in [1.29, 1.82) is 5.26 Å². The second-order valence-electron chi connectivity index (χ2n) is 4.73. The van der Waals surface area contributed by atoms with E-state index in [1.54, 1.807) is 6.07 Å². The maximum absolute atomic E-state index is 13.2. The van der Waals surface area contributed by atoms with E-state index in [2.05, 4.69) is 17.9 Å². The minimum atomic E-state index is -0.260. The number of likely N-dealkylation sites (tertiary alicyclic amines) is 1. The van der Waals surface area contributed by atoms with Crippen LogP contribution in [0.1, 0.15) is 37.3 Å². The molecule has 0 bridgehead atoms. The van der Waals surface area contributed by atoms with Crippen molar-refractivity contribution >= 4 is 0 Å². The number of benzene rings is 1. The first-order valence-corrected chi connectivity index (χ1v) is 6.13. The Morgan fingerprint density at radius 3 is 3.00 bits per heavy atom. The molecule has 0 saturated carbocycles. The fraction of sp³-hybridized carbons (Fsp3) is 0.500. The highest BCUT2D eigenvalue weighted by Gasteiger charge is 2.19. The van der Waals surface area contributed by atoms with E-state index in [9.17, 15) is 4.39 Å². The lowest BCUT2D eigenvalue weighted by molar-refractivity contribution is 0.152. The molecular formula is C14H17FN2. The van der Waals surface area contributed by atoms with Gasteiger partial charge in [-0.15, -0.1) is 0 Å². The highest BCUT2D eigenvalue weighted by molar-refractivity contribution is 5.37. The first-order chi connectivity index (χ1) is 8.20. The van der Waals surface area contributed by atoms with Crippen LogP contribution in [0.4, 0.5) is 4.39 Å². The highest BCUT2D eigenvalue weighted by Crippen LogP contribution is 2.21. The van der Waals surface area contributed by atoms with E-state index in [1.165, 1.54) is 31.4 Å². The second-order valence-corrected chi connectivity index (χ2v) is 4.73. The lowest BCUT2D eigenvalue weighted by atomic mass is 10.0. The van der Waals surface area contributed by atoms with Crippen LogP contribution in [0.15, 0.2) is 18.2 Å². The molecule has 1 atom stereocenters. The van der Waals surface area contributed by atoms with Crippen molar-refractivity contribution in [3.8, 4) is 6.07 Å². The largest absolute Gasteiger partial charge is 0.296 e. The second kappa shape index (κ2) is 5.29. The number of piperidine rings is 1. The highest BCUT2D eigenvalue weighted by atomic mass is 19.1. The minimum absolute atomic E-state index is 0.260. The maximum Gasteiger partial charge on any atom is 0.123 e. The molecular weight excluding hydrogens is 215 g/mol. The van der Waals surface area contributed by atoms with E-state index in [0.717, 1.165) is 12.1 Å². The molecule has 0 spiro atoms. The number of nitrogens with zero attached hydrogens (tertiary/aromatic N) is 2. The van der Waals surface area contributed by atoms with Crippen LogP contribution < -0.4 is 0 Å². The molecule has 1 fully saturated rings. The third kappa shape index (κ3) is 2.83. The normalized spacial score (nSPS) is 21.1. The lowest BCUT2D eigenvalue weighted by Crippen LogP contribution is -2.36. The standard InChI is InChI=1S/C14H17FN2/c1-11-4-2-3-7-17(11)10-13-8-14(15)6-5-12(13)9-16/h5-6,8,11H,2-4,7,10H2,1H3. The summed E-state index contributed by atoms with van der Waals surface area (Å²) >= 11 is 0. The molecule has 90 valence electrons. The first kappa shape index (κ1) is 12.1. The predicted molar refractivity (Wildman–Crippen MR) is 64.8 cm³/mol. The van der Waals surface area contributed by atoms with Crippen molar-refractivity contribution in [2.45, 2.75) is 38.8 Å². The Balaban J connectivity index is 2.17. The third-order valence-electron chi connectivity index (χ3n) is 3.50. The average molecular weight is 232 g/mol. The molecule has 2 rings (SSSR count). The van der Waals surface area contributed by atoms with Crippen LogP contribution in [-0.4, -0.2) is 17.5 Å². The molecule has 1 saturated heterocycles. The van der Waals surface area contributed by atoms with Gasteiger partial charge in [0.1, 0.15) is 5.82 Å². The van der Waals surface area contributed by atoms with Crippen LogP contribution in [0.25, 0.3) is 0 Å². The Labute approximate surface area is 102 Å². The number of hydrogen-bond acceptors (Lipinski definition) is 2. The summed E-state index contributed by atoms with van der Waals surface area (Å²) < 4.78 is 13.2. The number of rotatable bonds is 2. The Hall–Kier alpha value is -1.40. The quantitative estimate of drug-likeness (QED) is 0.783. The van der Waals surface area contributed by atoms with Crippen molar-refractivity contribution in [3.05, 3.63) is 35.1 Å².